The Labute approximate surface area is 78.0 Å². The molecule has 0 aliphatic heterocycles. The molecule has 1 aromatic rings. The molecule has 1 aromatic carbocycles. The molecular weight excluding hydrogens is 162 g/mol. The Kier molecular flexibility index (Phi) is 2.30. The highest BCUT2D eigenvalue weighted by molar-refractivity contribution is 5.48. The van der Waals surface area contributed by atoms with E-state index in [9.17, 15) is 4.79 Å². The third-order valence-corrected chi connectivity index (χ3v) is 2.64. The van der Waals surface area contributed by atoms with E-state index in [1.165, 1.54) is 17.5 Å². The first-order valence-electron chi connectivity index (χ1n) is 4.69. The molecule has 0 aromatic heterocycles. The predicted octanol–water partition coefficient (Wildman–Crippen LogP) is 1.81. The first-order chi connectivity index (χ1) is 6.42. The van der Waals surface area contributed by atoms with Gasteiger partial charge in [0.15, 0.2) is 0 Å². The topological polar surface area (TPSA) is 29.1 Å². The summed E-state index contributed by atoms with van der Waals surface area (Å²) in [5, 5.41) is 2.86. The highest BCUT2D eigenvalue weighted by Crippen LogP contribution is 2.28. The summed E-state index contributed by atoms with van der Waals surface area (Å²) in [6.07, 6.45) is 4.18. The van der Waals surface area contributed by atoms with Crippen LogP contribution in [0.3, 0.4) is 0 Å². The summed E-state index contributed by atoms with van der Waals surface area (Å²) in [4.78, 5) is 10.4. The van der Waals surface area contributed by atoms with E-state index in [1.807, 2.05) is 6.07 Å². The Bertz CT molecular complexity index is 309. The molecule has 1 aliphatic carbocycles. The lowest BCUT2D eigenvalue weighted by Crippen LogP contribution is -2.23. The first kappa shape index (κ1) is 8.30. The summed E-state index contributed by atoms with van der Waals surface area (Å²) in [6, 6.07) is 8.58. The molecule has 2 nitrogen and oxygen atoms in total. The van der Waals surface area contributed by atoms with Crippen molar-refractivity contribution < 1.29 is 4.79 Å². The summed E-state index contributed by atoms with van der Waals surface area (Å²) in [5.41, 5.74) is 2.67. The fourth-order valence-corrected chi connectivity index (χ4v) is 2.01. The average molecular weight is 175 g/mol. The highest BCUT2D eigenvalue weighted by Gasteiger charge is 2.18. The molecule has 0 heterocycles. The van der Waals surface area contributed by atoms with Crippen molar-refractivity contribution in [2.75, 3.05) is 0 Å². The Morgan fingerprint density at radius 3 is 3.08 bits per heavy atom. The SMILES string of the molecule is O=CN[C@@H]1CCCc2ccccc21. The van der Waals surface area contributed by atoms with E-state index in [1.54, 1.807) is 0 Å². The van der Waals surface area contributed by atoms with E-state index in [4.69, 9.17) is 0 Å². The van der Waals surface area contributed by atoms with Crippen molar-refractivity contribution in [1.82, 2.24) is 5.32 Å². The number of rotatable bonds is 2. The maximum atomic E-state index is 10.4. The molecule has 0 fully saturated rings. The van der Waals surface area contributed by atoms with Gasteiger partial charge in [0.25, 0.3) is 0 Å². The van der Waals surface area contributed by atoms with E-state index < -0.39 is 0 Å². The second-order valence-electron chi connectivity index (χ2n) is 3.43. The molecule has 1 atom stereocenters. The van der Waals surface area contributed by atoms with Crippen LogP contribution < -0.4 is 5.32 Å². The van der Waals surface area contributed by atoms with Crippen LogP contribution in [0, 0.1) is 0 Å². The van der Waals surface area contributed by atoms with Crippen molar-refractivity contribution in [1.29, 1.82) is 0 Å². The van der Waals surface area contributed by atoms with Gasteiger partial charge in [-0.25, -0.2) is 0 Å². The lowest BCUT2D eigenvalue weighted by atomic mass is 9.88. The van der Waals surface area contributed by atoms with Gasteiger partial charge in [0, 0.05) is 0 Å². The smallest absolute Gasteiger partial charge is 0.207 e. The fourth-order valence-electron chi connectivity index (χ4n) is 2.01. The Morgan fingerprint density at radius 2 is 2.23 bits per heavy atom. The van der Waals surface area contributed by atoms with E-state index in [0.29, 0.717) is 0 Å². The first-order valence-corrected chi connectivity index (χ1v) is 4.69. The van der Waals surface area contributed by atoms with Crippen LogP contribution in [0.25, 0.3) is 0 Å². The molecule has 0 saturated heterocycles. The van der Waals surface area contributed by atoms with Crippen LogP contribution in [0.4, 0.5) is 0 Å². The fraction of sp³-hybridized carbons (Fsp3) is 0.364. The number of carbonyl (C=O) groups excluding carboxylic acids is 1. The predicted molar refractivity (Wildman–Crippen MR) is 51.3 cm³/mol. The van der Waals surface area contributed by atoms with Crippen LogP contribution in [-0.4, -0.2) is 6.41 Å². The number of benzene rings is 1. The Hall–Kier alpha value is -1.31. The van der Waals surface area contributed by atoms with Gasteiger partial charge in [0.2, 0.25) is 6.41 Å². The number of amides is 1. The third-order valence-electron chi connectivity index (χ3n) is 2.64. The molecule has 1 aliphatic rings. The number of carbonyl (C=O) groups is 1. The maximum absolute atomic E-state index is 10.4. The molecule has 1 N–H and O–H groups in total. The van der Waals surface area contributed by atoms with Gasteiger partial charge in [-0.1, -0.05) is 24.3 Å². The summed E-state index contributed by atoms with van der Waals surface area (Å²) in [7, 11) is 0. The molecular formula is C11H13NO. The zero-order chi connectivity index (χ0) is 9.10. The number of aryl methyl sites for hydroxylation is 1. The molecule has 0 radical (unpaired) electrons. The van der Waals surface area contributed by atoms with Crippen molar-refractivity contribution >= 4 is 6.41 Å². The van der Waals surface area contributed by atoms with Crippen molar-refractivity contribution in [3.8, 4) is 0 Å². The van der Waals surface area contributed by atoms with Gasteiger partial charge < -0.3 is 5.32 Å². The molecule has 0 saturated carbocycles. The van der Waals surface area contributed by atoms with Gasteiger partial charge in [-0.2, -0.15) is 0 Å². The molecule has 2 rings (SSSR count). The van der Waals surface area contributed by atoms with Crippen LogP contribution >= 0.6 is 0 Å². The molecule has 0 spiro atoms. The molecule has 13 heavy (non-hydrogen) atoms. The average Bonchev–Trinajstić information content (AvgIpc) is 2.19. The van der Waals surface area contributed by atoms with E-state index in [2.05, 4.69) is 23.5 Å². The van der Waals surface area contributed by atoms with Gasteiger partial charge in [0.05, 0.1) is 6.04 Å². The summed E-state index contributed by atoms with van der Waals surface area (Å²) < 4.78 is 0. The van der Waals surface area contributed by atoms with Crippen molar-refractivity contribution in [3.63, 3.8) is 0 Å². The second-order valence-corrected chi connectivity index (χ2v) is 3.43. The summed E-state index contributed by atoms with van der Waals surface area (Å²) >= 11 is 0. The monoisotopic (exact) mass is 175 g/mol. The largest absolute Gasteiger partial charge is 0.352 e. The van der Waals surface area contributed by atoms with Gasteiger partial charge in [-0.15, -0.1) is 0 Å². The molecule has 0 bridgehead atoms. The number of fused-ring (bicyclic) bond motifs is 1. The van der Waals surface area contributed by atoms with Gasteiger partial charge in [-0.05, 0) is 30.4 Å². The molecule has 0 unspecified atom stereocenters. The minimum atomic E-state index is 0.238. The lowest BCUT2D eigenvalue weighted by Gasteiger charge is -2.24. The summed E-state index contributed by atoms with van der Waals surface area (Å²) in [5.74, 6) is 0. The Balaban J connectivity index is 2.31. The highest BCUT2D eigenvalue weighted by atomic mass is 16.1. The van der Waals surface area contributed by atoms with Gasteiger partial charge in [-0.3, -0.25) is 4.79 Å². The van der Waals surface area contributed by atoms with E-state index in [-0.39, 0.29) is 6.04 Å². The minimum Gasteiger partial charge on any atom is -0.352 e. The van der Waals surface area contributed by atoms with Crippen LogP contribution in [0.15, 0.2) is 24.3 Å². The zero-order valence-corrected chi connectivity index (χ0v) is 7.49. The quantitative estimate of drug-likeness (QED) is 0.682. The number of nitrogens with one attached hydrogen (secondary N) is 1. The molecule has 68 valence electrons. The number of hydrogen-bond donors (Lipinski definition) is 1. The molecule has 2 heteroatoms. The number of hydrogen-bond acceptors (Lipinski definition) is 1. The summed E-state index contributed by atoms with van der Waals surface area (Å²) in [6.45, 7) is 0. The van der Waals surface area contributed by atoms with Gasteiger partial charge in [0.1, 0.15) is 0 Å². The molecule has 1 amide bonds. The van der Waals surface area contributed by atoms with Crippen LogP contribution in [-0.2, 0) is 11.2 Å². The van der Waals surface area contributed by atoms with Gasteiger partial charge >= 0.3 is 0 Å². The van der Waals surface area contributed by atoms with Crippen molar-refractivity contribution in [3.05, 3.63) is 35.4 Å². The second kappa shape index (κ2) is 3.60. The third kappa shape index (κ3) is 1.57. The lowest BCUT2D eigenvalue weighted by molar-refractivity contribution is -0.110. The Morgan fingerprint density at radius 1 is 1.38 bits per heavy atom. The van der Waals surface area contributed by atoms with Crippen molar-refractivity contribution in [2.24, 2.45) is 0 Å². The van der Waals surface area contributed by atoms with E-state index in [0.717, 1.165) is 19.3 Å². The van der Waals surface area contributed by atoms with Crippen LogP contribution in [0.1, 0.15) is 30.0 Å². The van der Waals surface area contributed by atoms with Crippen molar-refractivity contribution in [2.45, 2.75) is 25.3 Å². The minimum absolute atomic E-state index is 0.238. The normalized spacial score (nSPS) is 20.5. The zero-order valence-electron chi connectivity index (χ0n) is 7.49. The van der Waals surface area contributed by atoms with Crippen LogP contribution in [0.2, 0.25) is 0 Å². The van der Waals surface area contributed by atoms with E-state index >= 15 is 0 Å². The maximum Gasteiger partial charge on any atom is 0.207 e. The van der Waals surface area contributed by atoms with Crippen LogP contribution in [0.5, 0.6) is 0 Å². The standard InChI is InChI=1S/C11H13NO/c13-8-12-11-7-3-5-9-4-1-2-6-10(9)11/h1-2,4,6,8,11H,3,5,7H2,(H,12,13)/t11-/m1/s1.